The predicted molar refractivity (Wildman–Crippen MR) is 70.5 cm³/mol. The molecule has 0 spiro atoms. The third kappa shape index (κ3) is 2.18. The lowest BCUT2D eigenvalue weighted by Gasteiger charge is -2.17. The fourth-order valence-corrected chi connectivity index (χ4v) is 2.74. The number of amides is 1. The van der Waals surface area contributed by atoms with Crippen LogP contribution >= 0.6 is 0 Å². The van der Waals surface area contributed by atoms with E-state index in [0.29, 0.717) is 24.0 Å². The SMILES string of the molecule is C[C@@H](c1cc2ccc(C(F)(F)F)cc2o1)C1(C(N)=O)CC1. The summed E-state index contributed by atoms with van der Waals surface area (Å²) in [5.74, 6) is -0.121. The van der Waals surface area contributed by atoms with Gasteiger partial charge in [0, 0.05) is 11.3 Å². The van der Waals surface area contributed by atoms with Crippen LogP contribution in [0.1, 0.15) is 37.0 Å². The van der Waals surface area contributed by atoms with Gasteiger partial charge in [0.05, 0.1) is 11.0 Å². The minimum Gasteiger partial charge on any atom is -0.461 e. The maximum Gasteiger partial charge on any atom is 0.416 e. The van der Waals surface area contributed by atoms with Crippen molar-refractivity contribution in [2.24, 2.45) is 11.1 Å². The summed E-state index contributed by atoms with van der Waals surface area (Å²) in [5.41, 5.74) is 4.23. The molecule has 0 bridgehead atoms. The van der Waals surface area contributed by atoms with Crippen LogP contribution in [0.2, 0.25) is 0 Å². The molecule has 3 rings (SSSR count). The smallest absolute Gasteiger partial charge is 0.416 e. The molecule has 2 N–H and O–H groups in total. The molecule has 0 aliphatic heterocycles. The van der Waals surface area contributed by atoms with E-state index < -0.39 is 17.2 Å². The Hall–Kier alpha value is -1.98. The lowest BCUT2D eigenvalue weighted by molar-refractivity contribution is -0.137. The van der Waals surface area contributed by atoms with Gasteiger partial charge in [-0.25, -0.2) is 0 Å². The second-order valence-electron chi connectivity index (χ2n) is 5.64. The van der Waals surface area contributed by atoms with Gasteiger partial charge in [0.1, 0.15) is 11.3 Å². The van der Waals surface area contributed by atoms with Gasteiger partial charge < -0.3 is 10.2 Å². The Morgan fingerprint density at radius 3 is 2.52 bits per heavy atom. The maximum atomic E-state index is 12.7. The monoisotopic (exact) mass is 297 g/mol. The third-order valence-electron chi connectivity index (χ3n) is 4.40. The highest BCUT2D eigenvalue weighted by Crippen LogP contribution is 2.56. The molecule has 3 nitrogen and oxygen atoms in total. The molecule has 0 saturated heterocycles. The maximum absolute atomic E-state index is 12.7. The van der Waals surface area contributed by atoms with Crippen LogP contribution in [0.5, 0.6) is 0 Å². The molecule has 112 valence electrons. The van der Waals surface area contributed by atoms with Crippen LogP contribution in [0.3, 0.4) is 0 Å². The molecule has 1 heterocycles. The average molecular weight is 297 g/mol. The molecule has 1 atom stereocenters. The summed E-state index contributed by atoms with van der Waals surface area (Å²) >= 11 is 0. The molecular formula is C15H14F3NO2. The number of hydrogen-bond acceptors (Lipinski definition) is 2. The van der Waals surface area contributed by atoms with Crippen molar-refractivity contribution in [1.82, 2.24) is 0 Å². The van der Waals surface area contributed by atoms with E-state index in [1.54, 1.807) is 6.07 Å². The van der Waals surface area contributed by atoms with E-state index in [-0.39, 0.29) is 17.4 Å². The highest BCUT2D eigenvalue weighted by atomic mass is 19.4. The molecular weight excluding hydrogens is 283 g/mol. The van der Waals surface area contributed by atoms with Gasteiger partial charge in [-0.1, -0.05) is 13.0 Å². The summed E-state index contributed by atoms with van der Waals surface area (Å²) in [6.07, 6.45) is -3.03. The molecule has 0 unspecified atom stereocenters. The number of fused-ring (bicyclic) bond motifs is 1. The van der Waals surface area contributed by atoms with E-state index in [1.807, 2.05) is 6.92 Å². The number of halogens is 3. The zero-order valence-electron chi connectivity index (χ0n) is 11.3. The highest BCUT2D eigenvalue weighted by Gasteiger charge is 2.54. The molecule has 0 radical (unpaired) electrons. The van der Waals surface area contributed by atoms with Crippen LogP contribution in [-0.4, -0.2) is 5.91 Å². The lowest BCUT2D eigenvalue weighted by atomic mass is 9.88. The van der Waals surface area contributed by atoms with Crippen molar-refractivity contribution in [3.05, 3.63) is 35.6 Å². The molecule has 1 saturated carbocycles. The predicted octanol–water partition coefficient (Wildman–Crippen LogP) is 3.82. The van der Waals surface area contributed by atoms with Crippen LogP contribution in [0.25, 0.3) is 11.0 Å². The van der Waals surface area contributed by atoms with Gasteiger partial charge in [-0.15, -0.1) is 0 Å². The molecule has 1 aliphatic carbocycles. The summed E-state index contributed by atoms with van der Waals surface area (Å²) in [7, 11) is 0. The molecule has 1 aromatic carbocycles. The van der Waals surface area contributed by atoms with E-state index in [1.165, 1.54) is 6.07 Å². The molecule has 21 heavy (non-hydrogen) atoms. The van der Waals surface area contributed by atoms with E-state index in [0.717, 1.165) is 12.1 Å². The van der Waals surface area contributed by atoms with Crippen molar-refractivity contribution < 1.29 is 22.4 Å². The van der Waals surface area contributed by atoms with Crippen molar-refractivity contribution in [3.8, 4) is 0 Å². The number of carbonyl (C=O) groups is 1. The number of nitrogens with two attached hydrogens (primary N) is 1. The van der Waals surface area contributed by atoms with Crippen LogP contribution in [0.15, 0.2) is 28.7 Å². The lowest BCUT2D eigenvalue weighted by Crippen LogP contribution is -2.29. The van der Waals surface area contributed by atoms with Crippen molar-refractivity contribution in [2.45, 2.75) is 31.9 Å². The summed E-state index contributed by atoms with van der Waals surface area (Å²) in [4.78, 5) is 11.5. The fraction of sp³-hybridized carbons (Fsp3) is 0.400. The van der Waals surface area contributed by atoms with Gasteiger partial charge in [-0.05, 0) is 31.0 Å². The number of carbonyl (C=O) groups excluding carboxylic acids is 1. The molecule has 1 aromatic heterocycles. The fourth-order valence-electron chi connectivity index (χ4n) is 2.74. The zero-order chi connectivity index (χ0) is 15.4. The van der Waals surface area contributed by atoms with Crippen LogP contribution in [-0.2, 0) is 11.0 Å². The largest absolute Gasteiger partial charge is 0.461 e. The number of rotatable bonds is 3. The Kier molecular flexibility index (Phi) is 2.83. The summed E-state index contributed by atoms with van der Waals surface area (Å²) in [6, 6.07) is 5.06. The van der Waals surface area contributed by atoms with E-state index in [9.17, 15) is 18.0 Å². The Labute approximate surface area is 118 Å². The van der Waals surface area contributed by atoms with Crippen molar-refractivity contribution in [3.63, 3.8) is 0 Å². The highest BCUT2D eigenvalue weighted by molar-refractivity contribution is 5.85. The first-order valence-electron chi connectivity index (χ1n) is 6.65. The average Bonchev–Trinajstić information content (AvgIpc) is 3.10. The third-order valence-corrected chi connectivity index (χ3v) is 4.40. The summed E-state index contributed by atoms with van der Waals surface area (Å²) in [6.45, 7) is 1.82. The quantitative estimate of drug-likeness (QED) is 0.936. The van der Waals surface area contributed by atoms with Crippen molar-refractivity contribution in [1.29, 1.82) is 0 Å². The van der Waals surface area contributed by atoms with Crippen LogP contribution in [0, 0.1) is 5.41 Å². The molecule has 1 aliphatic rings. The molecule has 1 fully saturated rings. The van der Waals surface area contributed by atoms with Crippen LogP contribution in [0.4, 0.5) is 13.2 Å². The topological polar surface area (TPSA) is 56.2 Å². The van der Waals surface area contributed by atoms with E-state index >= 15 is 0 Å². The van der Waals surface area contributed by atoms with Gasteiger partial charge in [0.15, 0.2) is 0 Å². The van der Waals surface area contributed by atoms with E-state index in [4.69, 9.17) is 10.2 Å². The molecule has 2 aromatic rings. The van der Waals surface area contributed by atoms with Gasteiger partial charge in [-0.2, -0.15) is 13.2 Å². The van der Waals surface area contributed by atoms with Gasteiger partial charge in [0.2, 0.25) is 5.91 Å². The van der Waals surface area contributed by atoms with Gasteiger partial charge in [0.25, 0.3) is 0 Å². The first-order valence-corrected chi connectivity index (χ1v) is 6.65. The van der Waals surface area contributed by atoms with Crippen LogP contribution < -0.4 is 5.73 Å². The Bertz CT molecular complexity index is 713. The number of furan rings is 1. The first-order chi connectivity index (χ1) is 9.74. The summed E-state index contributed by atoms with van der Waals surface area (Å²) < 4.78 is 43.6. The number of primary amides is 1. The van der Waals surface area contributed by atoms with Gasteiger partial charge >= 0.3 is 6.18 Å². The first kappa shape index (κ1) is 14.0. The number of benzene rings is 1. The second kappa shape index (κ2) is 4.26. The number of alkyl halides is 3. The van der Waals surface area contributed by atoms with Crippen molar-refractivity contribution >= 4 is 16.9 Å². The standard InChI is InChI=1S/C15H14F3NO2/c1-8(14(4-5-14)13(19)20)11-6-9-2-3-10(15(16,17)18)7-12(9)21-11/h2-3,6-8H,4-5H2,1H3,(H2,19,20)/t8-/m0/s1. The van der Waals surface area contributed by atoms with Gasteiger partial charge in [-0.3, -0.25) is 4.79 Å². The zero-order valence-corrected chi connectivity index (χ0v) is 11.3. The Morgan fingerprint density at radius 2 is 2.00 bits per heavy atom. The normalized spacial score (nSPS) is 18.7. The second-order valence-corrected chi connectivity index (χ2v) is 5.64. The minimum absolute atomic E-state index is 0.173. The van der Waals surface area contributed by atoms with E-state index in [2.05, 4.69) is 0 Å². The molecule has 1 amide bonds. The number of hydrogen-bond donors (Lipinski definition) is 1. The Balaban J connectivity index is 2.00. The minimum atomic E-state index is -4.41. The Morgan fingerprint density at radius 1 is 1.33 bits per heavy atom. The van der Waals surface area contributed by atoms with Crippen molar-refractivity contribution in [2.75, 3.05) is 0 Å². The summed E-state index contributed by atoms with van der Waals surface area (Å²) in [5, 5.41) is 0.588. The molecule has 6 heteroatoms.